The van der Waals surface area contributed by atoms with Gasteiger partial charge in [0.15, 0.2) is 0 Å². The Morgan fingerprint density at radius 3 is 2.33 bits per heavy atom. The number of hydrogen-bond acceptors (Lipinski definition) is 2. The molecule has 0 amide bonds. The third kappa shape index (κ3) is 4.50. The van der Waals surface area contributed by atoms with Gasteiger partial charge in [0.1, 0.15) is 5.76 Å². The van der Waals surface area contributed by atoms with Crippen LogP contribution < -0.4 is 0 Å². The quantitative estimate of drug-likeness (QED) is 0.605. The van der Waals surface area contributed by atoms with Crippen molar-refractivity contribution < 1.29 is 4.42 Å². The zero-order valence-corrected chi connectivity index (χ0v) is 10.0. The minimum atomic E-state index is 1.03. The number of rotatable bonds is 8. The molecule has 1 aromatic heterocycles. The molecule has 0 bridgehead atoms. The molecule has 0 unspecified atom stereocenters. The smallest absolute Gasteiger partial charge is 0.284 e. The van der Waals surface area contributed by atoms with Gasteiger partial charge >= 0.3 is 0 Å². The molecule has 1 radical (unpaired) electrons. The molecule has 0 saturated heterocycles. The molecule has 0 aliphatic carbocycles. The summed E-state index contributed by atoms with van der Waals surface area (Å²) in [4.78, 5) is 4.18. The topological polar surface area (TPSA) is 26.0 Å². The lowest BCUT2D eigenvalue weighted by Crippen LogP contribution is -1.93. The molecule has 1 heterocycles. The fraction of sp³-hybridized carbons (Fsp3) is 0.769. The van der Waals surface area contributed by atoms with Crippen molar-refractivity contribution >= 4 is 0 Å². The van der Waals surface area contributed by atoms with E-state index in [-0.39, 0.29) is 0 Å². The summed E-state index contributed by atoms with van der Waals surface area (Å²) in [5.74, 6) is 1.07. The number of aryl methyl sites for hydroxylation is 2. The predicted molar refractivity (Wildman–Crippen MR) is 61.8 cm³/mol. The summed E-state index contributed by atoms with van der Waals surface area (Å²) in [5, 5.41) is 0. The second kappa shape index (κ2) is 7.49. The van der Waals surface area contributed by atoms with Crippen molar-refractivity contribution in [3.8, 4) is 0 Å². The first-order valence-electron chi connectivity index (χ1n) is 6.23. The molecule has 0 aliphatic rings. The third-order valence-electron chi connectivity index (χ3n) is 2.70. The fourth-order valence-electron chi connectivity index (χ4n) is 1.72. The number of oxazole rings is 1. The second-order valence-electron chi connectivity index (χ2n) is 4.09. The standard InChI is InChI=1S/C13H22NO/c1-3-5-7-9-12-13(15-11-14-12)10-8-6-4-2/h3-10H2,1-2H3. The monoisotopic (exact) mass is 208 g/mol. The van der Waals surface area contributed by atoms with Crippen LogP contribution in [0.25, 0.3) is 0 Å². The lowest BCUT2D eigenvalue weighted by Gasteiger charge is -2.00. The molecule has 0 fully saturated rings. The van der Waals surface area contributed by atoms with Crippen molar-refractivity contribution in [2.24, 2.45) is 0 Å². The maximum Gasteiger partial charge on any atom is 0.284 e. The third-order valence-corrected chi connectivity index (χ3v) is 2.70. The zero-order chi connectivity index (χ0) is 10.9. The molecular weight excluding hydrogens is 186 g/mol. The van der Waals surface area contributed by atoms with Gasteiger partial charge in [-0.15, -0.1) is 0 Å². The second-order valence-corrected chi connectivity index (χ2v) is 4.09. The van der Waals surface area contributed by atoms with Crippen LogP contribution in [0.15, 0.2) is 4.42 Å². The van der Waals surface area contributed by atoms with Crippen molar-refractivity contribution in [2.45, 2.75) is 65.2 Å². The van der Waals surface area contributed by atoms with Crippen molar-refractivity contribution in [1.29, 1.82) is 0 Å². The average molecular weight is 208 g/mol. The van der Waals surface area contributed by atoms with Crippen LogP contribution in [0.4, 0.5) is 0 Å². The summed E-state index contributed by atoms with van der Waals surface area (Å²) in [6.07, 6.45) is 12.2. The normalized spacial score (nSPS) is 10.8. The number of nitrogens with zero attached hydrogens (tertiary/aromatic N) is 1. The maximum absolute atomic E-state index is 5.31. The van der Waals surface area contributed by atoms with Crippen molar-refractivity contribution in [3.05, 3.63) is 17.8 Å². The van der Waals surface area contributed by atoms with Gasteiger partial charge in [0, 0.05) is 6.42 Å². The Morgan fingerprint density at radius 2 is 1.67 bits per heavy atom. The van der Waals surface area contributed by atoms with Gasteiger partial charge in [0.2, 0.25) is 0 Å². The molecule has 85 valence electrons. The Kier molecular flexibility index (Phi) is 6.14. The van der Waals surface area contributed by atoms with Crippen LogP contribution in [0, 0.1) is 6.39 Å². The van der Waals surface area contributed by atoms with Gasteiger partial charge in [-0.2, -0.15) is 0 Å². The van der Waals surface area contributed by atoms with E-state index in [0.717, 1.165) is 24.3 Å². The Labute approximate surface area is 93.1 Å². The van der Waals surface area contributed by atoms with E-state index < -0.39 is 0 Å². The van der Waals surface area contributed by atoms with E-state index in [0.29, 0.717) is 0 Å². The predicted octanol–water partition coefficient (Wildman–Crippen LogP) is 3.94. The fourth-order valence-corrected chi connectivity index (χ4v) is 1.72. The average Bonchev–Trinajstić information content (AvgIpc) is 2.67. The van der Waals surface area contributed by atoms with Gasteiger partial charge in [-0.1, -0.05) is 39.5 Å². The minimum absolute atomic E-state index is 1.03. The molecule has 2 heteroatoms. The highest BCUT2D eigenvalue weighted by Crippen LogP contribution is 2.14. The molecule has 0 N–H and O–H groups in total. The number of aromatic nitrogens is 1. The van der Waals surface area contributed by atoms with Crippen LogP contribution in [-0.2, 0) is 12.8 Å². The Hall–Kier alpha value is -0.790. The van der Waals surface area contributed by atoms with Crippen LogP contribution in [0.5, 0.6) is 0 Å². The highest BCUT2D eigenvalue weighted by Gasteiger charge is 2.07. The van der Waals surface area contributed by atoms with Crippen molar-refractivity contribution in [3.63, 3.8) is 0 Å². The molecule has 2 nitrogen and oxygen atoms in total. The highest BCUT2D eigenvalue weighted by atomic mass is 16.3. The lowest BCUT2D eigenvalue weighted by molar-refractivity contribution is 0.481. The van der Waals surface area contributed by atoms with E-state index in [1.165, 1.54) is 38.5 Å². The molecule has 0 atom stereocenters. The minimum Gasteiger partial charge on any atom is -0.437 e. The summed E-state index contributed by atoms with van der Waals surface area (Å²) in [6, 6.07) is 0. The molecule has 15 heavy (non-hydrogen) atoms. The highest BCUT2D eigenvalue weighted by molar-refractivity contribution is 5.07. The molecule has 0 saturated carbocycles. The first kappa shape index (κ1) is 12.3. The van der Waals surface area contributed by atoms with Gasteiger partial charge < -0.3 is 4.42 Å². The van der Waals surface area contributed by atoms with Crippen molar-refractivity contribution in [2.75, 3.05) is 0 Å². The Bertz CT molecular complexity index is 230. The van der Waals surface area contributed by atoms with Crippen LogP contribution in [-0.4, -0.2) is 4.98 Å². The number of hydrogen-bond donors (Lipinski definition) is 0. The molecule has 0 spiro atoms. The first-order valence-corrected chi connectivity index (χ1v) is 6.23. The van der Waals surface area contributed by atoms with Gasteiger partial charge in [-0.3, -0.25) is 0 Å². The van der Waals surface area contributed by atoms with E-state index in [1.807, 2.05) is 0 Å². The summed E-state index contributed by atoms with van der Waals surface area (Å²) in [6.45, 7) is 4.44. The van der Waals surface area contributed by atoms with E-state index in [1.54, 1.807) is 0 Å². The molecule has 0 aromatic carbocycles. The van der Waals surface area contributed by atoms with Gasteiger partial charge in [-0.25, -0.2) is 4.98 Å². The van der Waals surface area contributed by atoms with Crippen LogP contribution in [0.1, 0.15) is 63.8 Å². The molecular formula is C13H22NO. The lowest BCUT2D eigenvalue weighted by atomic mass is 10.1. The van der Waals surface area contributed by atoms with Crippen LogP contribution in [0.3, 0.4) is 0 Å². The summed E-state index contributed by atoms with van der Waals surface area (Å²) < 4.78 is 5.31. The van der Waals surface area contributed by atoms with Gasteiger partial charge in [0.05, 0.1) is 5.69 Å². The van der Waals surface area contributed by atoms with E-state index in [9.17, 15) is 0 Å². The largest absolute Gasteiger partial charge is 0.437 e. The SMILES string of the molecule is CCCCCc1n[c]oc1CCCCC. The zero-order valence-electron chi connectivity index (χ0n) is 10.0. The summed E-state index contributed by atoms with van der Waals surface area (Å²) >= 11 is 0. The van der Waals surface area contributed by atoms with E-state index in [2.05, 4.69) is 25.2 Å². The molecule has 1 aromatic rings. The van der Waals surface area contributed by atoms with E-state index in [4.69, 9.17) is 4.42 Å². The maximum atomic E-state index is 5.31. The molecule has 0 aliphatic heterocycles. The Morgan fingerprint density at radius 1 is 1.00 bits per heavy atom. The number of unbranched alkanes of at least 4 members (excludes halogenated alkanes) is 4. The van der Waals surface area contributed by atoms with Gasteiger partial charge in [-0.05, 0) is 19.3 Å². The molecule has 1 rings (SSSR count). The van der Waals surface area contributed by atoms with Gasteiger partial charge in [0.25, 0.3) is 6.39 Å². The first-order chi connectivity index (χ1) is 7.38. The summed E-state index contributed by atoms with van der Waals surface area (Å²) in [5.41, 5.74) is 1.14. The van der Waals surface area contributed by atoms with Crippen LogP contribution >= 0.6 is 0 Å². The van der Waals surface area contributed by atoms with E-state index >= 15 is 0 Å². The summed E-state index contributed by atoms with van der Waals surface area (Å²) in [7, 11) is 0. The van der Waals surface area contributed by atoms with Crippen LogP contribution in [0.2, 0.25) is 0 Å². The van der Waals surface area contributed by atoms with Crippen molar-refractivity contribution in [1.82, 2.24) is 4.98 Å². The Balaban J connectivity index is 2.32.